The zero-order chi connectivity index (χ0) is 15.3. The van der Waals surface area contributed by atoms with E-state index in [2.05, 4.69) is 15.9 Å². The van der Waals surface area contributed by atoms with Crippen molar-refractivity contribution in [3.8, 4) is 5.75 Å². The van der Waals surface area contributed by atoms with Crippen LogP contribution in [0.4, 0.5) is 4.39 Å². The van der Waals surface area contributed by atoms with Crippen molar-refractivity contribution < 1.29 is 18.7 Å². The molecule has 1 rings (SSSR count). The fraction of sp³-hybridized carbons (Fsp3) is 0.400. The summed E-state index contributed by atoms with van der Waals surface area (Å²) >= 11 is 3.25. The lowest BCUT2D eigenvalue weighted by Crippen LogP contribution is -2.24. The summed E-state index contributed by atoms with van der Waals surface area (Å²) in [4.78, 5) is 11.5. The van der Waals surface area contributed by atoms with Gasteiger partial charge in [-0.05, 0) is 53.9 Å². The molecule has 0 N–H and O–H groups in total. The summed E-state index contributed by atoms with van der Waals surface area (Å²) in [5, 5.41) is 0. The van der Waals surface area contributed by atoms with Gasteiger partial charge in [0.1, 0.15) is 0 Å². The summed E-state index contributed by atoms with van der Waals surface area (Å²) in [7, 11) is 2.78. The van der Waals surface area contributed by atoms with Gasteiger partial charge in [0.25, 0.3) is 0 Å². The molecule has 3 nitrogen and oxygen atoms in total. The summed E-state index contributed by atoms with van der Waals surface area (Å²) in [5.41, 5.74) is 0.0869. The zero-order valence-electron chi connectivity index (χ0n) is 12.0. The molecule has 0 aliphatic rings. The summed E-state index contributed by atoms with van der Waals surface area (Å²) in [6.07, 6.45) is 4.09. The number of benzene rings is 1. The highest BCUT2D eigenvalue weighted by Crippen LogP contribution is 2.30. The van der Waals surface area contributed by atoms with E-state index in [4.69, 9.17) is 9.47 Å². The maximum Gasteiger partial charge on any atom is 0.311 e. The maximum absolute atomic E-state index is 13.7. The number of hydrogen-bond acceptors (Lipinski definition) is 3. The van der Waals surface area contributed by atoms with Crippen LogP contribution in [0.5, 0.6) is 5.75 Å². The van der Waals surface area contributed by atoms with Crippen molar-refractivity contribution in [2.24, 2.45) is 5.41 Å². The maximum atomic E-state index is 13.7. The molecule has 0 unspecified atom stereocenters. The Hall–Kier alpha value is -1.36. The van der Waals surface area contributed by atoms with Gasteiger partial charge >= 0.3 is 5.97 Å². The van der Waals surface area contributed by atoms with Gasteiger partial charge in [0.2, 0.25) is 0 Å². The Balaban J connectivity index is 2.84. The molecule has 0 amide bonds. The molecule has 0 fully saturated rings. The number of ether oxygens (including phenoxy) is 2. The first-order chi connectivity index (χ1) is 9.31. The topological polar surface area (TPSA) is 35.5 Å². The molecular formula is C15H18BrFO3. The minimum atomic E-state index is -0.604. The molecule has 0 aliphatic carbocycles. The normalized spacial score (nSPS) is 11.7. The molecule has 5 heteroatoms. The van der Waals surface area contributed by atoms with Crippen molar-refractivity contribution >= 4 is 28.0 Å². The number of carbonyl (C=O) groups is 1. The van der Waals surface area contributed by atoms with E-state index >= 15 is 0 Å². The zero-order valence-corrected chi connectivity index (χ0v) is 13.6. The predicted molar refractivity (Wildman–Crippen MR) is 80.1 cm³/mol. The Kier molecular flexibility index (Phi) is 5.74. The molecule has 0 atom stereocenters. The monoisotopic (exact) mass is 344 g/mol. The Labute approximate surface area is 126 Å². The van der Waals surface area contributed by atoms with E-state index in [0.717, 1.165) is 0 Å². The number of rotatable bonds is 5. The lowest BCUT2D eigenvalue weighted by molar-refractivity contribution is -0.150. The second-order valence-corrected chi connectivity index (χ2v) is 5.85. The SMILES string of the molecule is COC(=O)C(C)(C)CC=Cc1cc(F)c(OC)c(Br)c1. The Morgan fingerprint density at radius 1 is 1.40 bits per heavy atom. The van der Waals surface area contributed by atoms with Crippen LogP contribution in [0.2, 0.25) is 0 Å². The van der Waals surface area contributed by atoms with E-state index < -0.39 is 11.2 Å². The first-order valence-electron chi connectivity index (χ1n) is 6.10. The molecule has 1 aromatic carbocycles. The van der Waals surface area contributed by atoms with Gasteiger partial charge in [0, 0.05) is 0 Å². The van der Waals surface area contributed by atoms with Crippen LogP contribution in [0.3, 0.4) is 0 Å². The molecular weight excluding hydrogens is 327 g/mol. The number of hydrogen-bond donors (Lipinski definition) is 0. The van der Waals surface area contributed by atoms with E-state index in [0.29, 0.717) is 16.5 Å². The average Bonchev–Trinajstić information content (AvgIpc) is 2.37. The lowest BCUT2D eigenvalue weighted by atomic mass is 9.89. The van der Waals surface area contributed by atoms with E-state index in [1.165, 1.54) is 20.3 Å². The average molecular weight is 345 g/mol. The fourth-order valence-corrected chi connectivity index (χ4v) is 2.34. The second kappa shape index (κ2) is 6.88. The number of methoxy groups -OCH3 is 2. The smallest absolute Gasteiger partial charge is 0.311 e. The Morgan fingerprint density at radius 3 is 2.55 bits per heavy atom. The highest BCUT2D eigenvalue weighted by atomic mass is 79.9. The van der Waals surface area contributed by atoms with Crippen LogP contribution in [0.15, 0.2) is 22.7 Å². The van der Waals surface area contributed by atoms with Crippen molar-refractivity contribution in [1.82, 2.24) is 0 Å². The van der Waals surface area contributed by atoms with Crippen molar-refractivity contribution in [3.63, 3.8) is 0 Å². The molecule has 0 saturated heterocycles. The molecule has 0 bridgehead atoms. The first kappa shape index (κ1) is 16.7. The van der Waals surface area contributed by atoms with Crippen LogP contribution in [0.25, 0.3) is 6.08 Å². The molecule has 1 aromatic rings. The molecule has 0 radical (unpaired) electrons. The third-order valence-electron chi connectivity index (χ3n) is 2.90. The van der Waals surface area contributed by atoms with Crippen LogP contribution in [0, 0.1) is 11.2 Å². The molecule has 0 aliphatic heterocycles. The van der Waals surface area contributed by atoms with Gasteiger partial charge < -0.3 is 9.47 Å². The third kappa shape index (κ3) is 4.07. The number of esters is 1. The van der Waals surface area contributed by atoms with Crippen LogP contribution >= 0.6 is 15.9 Å². The standard InChI is InChI=1S/C15H18BrFO3/c1-15(2,14(18)20-4)7-5-6-10-8-11(16)13(19-3)12(17)9-10/h5-6,8-9H,7H2,1-4H3. The number of allylic oxidation sites excluding steroid dienone is 1. The summed E-state index contributed by atoms with van der Waals surface area (Å²) in [6.45, 7) is 3.60. The molecule has 0 saturated carbocycles. The molecule has 20 heavy (non-hydrogen) atoms. The molecule has 0 spiro atoms. The van der Waals surface area contributed by atoms with Crippen molar-refractivity contribution in [1.29, 1.82) is 0 Å². The first-order valence-corrected chi connectivity index (χ1v) is 6.89. The van der Waals surface area contributed by atoms with Crippen LogP contribution in [0.1, 0.15) is 25.8 Å². The van der Waals surface area contributed by atoms with Crippen molar-refractivity contribution in [3.05, 3.63) is 34.1 Å². The van der Waals surface area contributed by atoms with Crippen LogP contribution in [-0.2, 0) is 9.53 Å². The quantitative estimate of drug-likeness (QED) is 0.751. The summed E-state index contributed by atoms with van der Waals surface area (Å²) in [6, 6.07) is 3.13. The van der Waals surface area contributed by atoms with Gasteiger partial charge in [-0.25, -0.2) is 4.39 Å². The fourth-order valence-electron chi connectivity index (χ4n) is 1.72. The van der Waals surface area contributed by atoms with Gasteiger partial charge in [0.05, 0.1) is 24.1 Å². The van der Waals surface area contributed by atoms with Crippen molar-refractivity contribution in [2.45, 2.75) is 20.3 Å². The van der Waals surface area contributed by atoms with Gasteiger partial charge in [-0.15, -0.1) is 0 Å². The van der Waals surface area contributed by atoms with E-state index in [-0.39, 0.29) is 11.7 Å². The summed E-state index contributed by atoms with van der Waals surface area (Å²) < 4.78 is 23.9. The number of halogens is 2. The van der Waals surface area contributed by atoms with Gasteiger partial charge in [0.15, 0.2) is 11.6 Å². The van der Waals surface area contributed by atoms with Crippen molar-refractivity contribution in [2.75, 3.05) is 14.2 Å². The number of carbonyl (C=O) groups excluding carboxylic acids is 1. The molecule has 0 aromatic heterocycles. The summed E-state index contributed by atoms with van der Waals surface area (Å²) in [5.74, 6) is -0.532. The van der Waals surface area contributed by atoms with Crippen LogP contribution in [-0.4, -0.2) is 20.2 Å². The molecule has 0 heterocycles. The Bertz CT molecular complexity index is 501. The highest BCUT2D eigenvalue weighted by molar-refractivity contribution is 9.10. The van der Waals surface area contributed by atoms with E-state index in [1.807, 2.05) is 6.08 Å². The molecule has 110 valence electrons. The lowest BCUT2D eigenvalue weighted by Gasteiger charge is -2.19. The van der Waals surface area contributed by atoms with E-state index in [9.17, 15) is 9.18 Å². The third-order valence-corrected chi connectivity index (χ3v) is 3.49. The highest BCUT2D eigenvalue weighted by Gasteiger charge is 2.26. The van der Waals surface area contributed by atoms with E-state index in [1.54, 1.807) is 26.0 Å². The minimum Gasteiger partial charge on any atom is -0.492 e. The van der Waals surface area contributed by atoms with Crippen LogP contribution < -0.4 is 4.74 Å². The predicted octanol–water partition coefficient (Wildman–Crippen LogP) is 4.20. The van der Waals surface area contributed by atoms with Gasteiger partial charge in [-0.1, -0.05) is 12.2 Å². The Morgan fingerprint density at radius 2 is 2.05 bits per heavy atom. The van der Waals surface area contributed by atoms with Gasteiger partial charge in [-0.2, -0.15) is 0 Å². The largest absolute Gasteiger partial charge is 0.492 e. The second-order valence-electron chi connectivity index (χ2n) is 5.00. The minimum absolute atomic E-state index is 0.178. The van der Waals surface area contributed by atoms with Gasteiger partial charge in [-0.3, -0.25) is 4.79 Å².